The molecule has 0 saturated heterocycles. The number of hydrogen-bond acceptors (Lipinski definition) is 4. The van der Waals surface area contributed by atoms with Crippen molar-refractivity contribution in [2.45, 2.75) is 0 Å². The van der Waals surface area contributed by atoms with E-state index in [2.05, 4.69) is 0 Å². The average Bonchev–Trinajstić information content (AvgIpc) is 2.16. The van der Waals surface area contributed by atoms with E-state index in [-0.39, 0.29) is 16.8 Å². The first-order chi connectivity index (χ1) is 6.54. The Bertz CT molecular complexity index is 360. The Morgan fingerprint density at radius 3 is 1.79 bits per heavy atom. The quantitative estimate of drug-likeness (QED) is 0.621. The van der Waals surface area contributed by atoms with Crippen molar-refractivity contribution in [1.82, 2.24) is 0 Å². The zero-order chi connectivity index (χ0) is 10.7. The number of carbonyl (C=O) groups excluding carboxylic acids is 2. The fourth-order valence-corrected chi connectivity index (χ4v) is 1.14. The smallest absolute Gasteiger partial charge is 0.252 e. The van der Waals surface area contributed by atoms with Crippen molar-refractivity contribution in [3.63, 3.8) is 0 Å². The van der Waals surface area contributed by atoms with Gasteiger partial charge in [0.05, 0.1) is 5.69 Å². The molecule has 4 nitrogen and oxygen atoms in total. The Morgan fingerprint density at radius 2 is 1.50 bits per heavy atom. The molecule has 0 aliphatic rings. The van der Waals surface area contributed by atoms with E-state index in [9.17, 15) is 9.59 Å². The fourth-order valence-electron chi connectivity index (χ4n) is 0.919. The summed E-state index contributed by atoms with van der Waals surface area (Å²) >= 11 is 10.4. The fraction of sp³-hybridized carbons (Fsp3) is 0. The lowest BCUT2D eigenvalue weighted by Gasteiger charge is -2.02. The van der Waals surface area contributed by atoms with Crippen molar-refractivity contribution in [1.29, 1.82) is 0 Å². The third kappa shape index (κ3) is 2.45. The highest BCUT2D eigenvalue weighted by Crippen LogP contribution is 2.17. The van der Waals surface area contributed by atoms with E-state index >= 15 is 0 Å². The lowest BCUT2D eigenvalue weighted by Crippen LogP contribution is -1.99. The number of rotatable bonds is 3. The molecule has 2 N–H and O–H groups in total. The molecule has 0 atom stereocenters. The second kappa shape index (κ2) is 4.41. The summed E-state index contributed by atoms with van der Waals surface area (Å²) in [5, 5.41) is 7.12. The highest BCUT2D eigenvalue weighted by atomic mass is 35.5. The van der Waals surface area contributed by atoms with Gasteiger partial charge in [-0.1, -0.05) is 0 Å². The molecule has 0 bridgehead atoms. The summed E-state index contributed by atoms with van der Waals surface area (Å²) in [6.07, 6.45) is 0. The Kier molecular flexibility index (Phi) is 3.46. The van der Waals surface area contributed by atoms with Gasteiger partial charge in [0.25, 0.3) is 10.5 Å². The minimum absolute atomic E-state index is 0.0784. The minimum Gasteiger partial charge on any atom is -0.291 e. The maximum absolute atomic E-state index is 10.8. The van der Waals surface area contributed by atoms with Crippen molar-refractivity contribution >= 4 is 39.4 Å². The lowest BCUT2D eigenvalue weighted by atomic mass is 10.1. The van der Waals surface area contributed by atoms with Crippen LogP contribution in [-0.2, 0) is 0 Å². The summed E-state index contributed by atoms with van der Waals surface area (Å²) in [6, 6.07) is 3.82. The summed E-state index contributed by atoms with van der Waals surface area (Å²) in [4.78, 5) is 21.6. The van der Waals surface area contributed by atoms with Gasteiger partial charge in [-0.15, -0.1) is 0 Å². The van der Waals surface area contributed by atoms with Gasteiger partial charge in [-0.3, -0.25) is 20.3 Å². The molecule has 0 aromatic heterocycles. The average molecular weight is 234 g/mol. The monoisotopic (exact) mass is 233 g/mol. The van der Waals surface area contributed by atoms with Crippen LogP contribution in [0, 0.1) is 0 Å². The van der Waals surface area contributed by atoms with E-state index in [0.717, 1.165) is 0 Å². The molecule has 0 aliphatic carbocycles. The second-order valence-electron chi connectivity index (χ2n) is 2.46. The van der Waals surface area contributed by atoms with E-state index in [4.69, 9.17) is 28.4 Å². The summed E-state index contributed by atoms with van der Waals surface area (Å²) < 4.78 is 0. The maximum atomic E-state index is 10.8. The molecule has 0 saturated carbocycles. The SMILES string of the molecule is O=C(Cl)c1cc(NO)cc(C(=O)Cl)c1. The summed E-state index contributed by atoms with van der Waals surface area (Å²) in [5.74, 6) is 0. The Balaban J connectivity index is 3.27. The summed E-state index contributed by atoms with van der Waals surface area (Å²) in [5.41, 5.74) is 2.12. The number of hydrogen-bond donors (Lipinski definition) is 2. The van der Waals surface area contributed by atoms with Crippen LogP contribution in [0.3, 0.4) is 0 Å². The van der Waals surface area contributed by atoms with Crippen molar-refractivity contribution in [3.8, 4) is 0 Å². The third-order valence-electron chi connectivity index (χ3n) is 1.52. The largest absolute Gasteiger partial charge is 0.291 e. The first-order valence-electron chi connectivity index (χ1n) is 3.49. The first kappa shape index (κ1) is 11.0. The van der Waals surface area contributed by atoms with Gasteiger partial charge in [0.15, 0.2) is 0 Å². The molecule has 6 heteroatoms. The Labute approximate surface area is 89.4 Å². The van der Waals surface area contributed by atoms with E-state index in [1.807, 2.05) is 0 Å². The Morgan fingerprint density at radius 1 is 1.07 bits per heavy atom. The second-order valence-corrected chi connectivity index (χ2v) is 3.14. The van der Waals surface area contributed by atoms with Crippen LogP contribution in [0.2, 0.25) is 0 Å². The molecule has 0 spiro atoms. The van der Waals surface area contributed by atoms with Crippen molar-refractivity contribution in [2.75, 3.05) is 5.48 Å². The van der Waals surface area contributed by atoms with E-state index in [1.54, 1.807) is 5.48 Å². The molecule has 74 valence electrons. The standard InChI is InChI=1S/C8H5Cl2NO3/c9-7(12)4-1-5(8(10)13)3-6(2-4)11-14/h1-3,11,14H. The number of carbonyl (C=O) groups is 2. The summed E-state index contributed by atoms with van der Waals surface area (Å²) in [6.45, 7) is 0. The molecule has 0 unspecified atom stereocenters. The molecule has 0 amide bonds. The third-order valence-corrected chi connectivity index (χ3v) is 1.95. The van der Waals surface area contributed by atoms with Crippen molar-refractivity contribution in [3.05, 3.63) is 29.3 Å². The predicted molar refractivity (Wildman–Crippen MR) is 52.2 cm³/mol. The van der Waals surface area contributed by atoms with Crippen LogP contribution in [0.5, 0.6) is 0 Å². The van der Waals surface area contributed by atoms with Gasteiger partial charge in [-0.05, 0) is 41.4 Å². The van der Waals surface area contributed by atoms with Crippen LogP contribution in [0.1, 0.15) is 20.7 Å². The highest BCUT2D eigenvalue weighted by molar-refractivity contribution is 6.69. The number of halogens is 2. The van der Waals surface area contributed by atoms with Gasteiger partial charge < -0.3 is 0 Å². The van der Waals surface area contributed by atoms with E-state index in [0.29, 0.717) is 0 Å². The number of benzene rings is 1. The summed E-state index contributed by atoms with van der Waals surface area (Å²) in [7, 11) is 0. The maximum Gasteiger partial charge on any atom is 0.252 e. The molecule has 0 radical (unpaired) electrons. The van der Waals surface area contributed by atoms with Crippen LogP contribution in [-0.4, -0.2) is 15.7 Å². The van der Waals surface area contributed by atoms with Crippen LogP contribution < -0.4 is 5.48 Å². The van der Waals surface area contributed by atoms with Crippen molar-refractivity contribution in [2.24, 2.45) is 0 Å². The number of anilines is 1. The minimum atomic E-state index is -0.735. The van der Waals surface area contributed by atoms with Gasteiger partial charge in [0, 0.05) is 11.1 Å². The number of nitrogens with one attached hydrogen (secondary N) is 1. The molecular weight excluding hydrogens is 229 g/mol. The van der Waals surface area contributed by atoms with Crippen LogP contribution in [0.4, 0.5) is 5.69 Å². The molecular formula is C8H5Cl2NO3. The molecule has 1 rings (SSSR count). The van der Waals surface area contributed by atoms with Crippen LogP contribution in [0.15, 0.2) is 18.2 Å². The van der Waals surface area contributed by atoms with Gasteiger partial charge in [-0.2, -0.15) is 0 Å². The van der Waals surface area contributed by atoms with Crippen LogP contribution in [0.25, 0.3) is 0 Å². The molecule has 0 fully saturated rings. The van der Waals surface area contributed by atoms with Gasteiger partial charge in [0.2, 0.25) is 0 Å². The lowest BCUT2D eigenvalue weighted by molar-refractivity contribution is 0.108. The molecule has 0 aliphatic heterocycles. The van der Waals surface area contributed by atoms with Crippen molar-refractivity contribution < 1.29 is 14.8 Å². The molecule has 1 aromatic rings. The zero-order valence-corrected chi connectivity index (χ0v) is 8.26. The van der Waals surface area contributed by atoms with Gasteiger partial charge >= 0.3 is 0 Å². The van der Waals surface area contributed by atoms with Gasteiger partial charge in [-0.25, -0.2) is 0 Å². The van der Waals surface area contributed by atoms with Crippen LogP contribution >= 0.6 is 23.2 Å². The first-order valence-corrected chi connectivity index (χ1v) is 4.25. The molecule has 14 heavy (non-hydrogen) atoms. The topological polar surface area (TPSA) is 66.4 Å². The Hall–Kier alpha value is -1.10. The predicted octanol–water partition coefficient (Wildman–Crippen LogP) is 2.25. The van der Waals surface area contributed by atoms with E-state index in [1.165, 1.54) is 18.2 Å². The molecule has 0 heterocycles. The van der Waals surface area contributed by atoms with Gasteiger partial charge in [0.1, 0.15) is 0 Å². The normalized spacial score (nSPS) is 9.64. The zero-order valence-electron chi connectivity index (χ0n) is 6.75. The van der Waals surface area contributed by atoms with E-state index < -0.39 is 10.5 Å². The molecule has 1 aromatic carbocycles. The highest BCUT2D eigenvalue weighted by Gasteiger charge is 2.09.